The molecule has 0 fully saturated rings. The van der Waals surface area contributed by atoms with Gasteiger partial charge in [-0.3, -0.25) is 9.59 Å². The lowest BCUT2D eigenvalue weighted by atomic mass is 10.0. The van der Waals surface area contributed by atoms with Crippen molar-refractivity contribution >= 4 is 23.2 Å². The van der Waals surface area contributed by atoms with Crippen LogP contribution < -0.4 is 15.5 Å². The Labute approximate surface area is 169 Å². The minimum Gasteiger partial charge on any atom is -0.463 e. The van der Waals surface area contributed by atoms with Gasteiger partial charge in [-0.05, 0) is 31.2 Å². The molecule has 4 rings (SSSR count). The highest BCUT2D eigenvalue weighted by atomic mass is 16.3. The number of nitrogens with two attached hydrogens (primary N) is 1. The van der Waals surface area contributed by atoms with Crippen LogP contribution in [0.5, 0.6) is 0 Å². The van der Waals surface area contributed by atoms with Crippen LogP contribution in [0, 0.1) is 0 Å². The van der Waals surface area contributed by atoms with Gasteiger partial charge >= 0.3 is 0 Å². The molecule has 0 spiro atoms. The summed E-state index contributed by atoms with van der Waals surface area (Å²) in [7, 11) is 0. The minimum atomic E-state index is -0.224. The molecule has 6 nitrogen and oxygen atoms in total. The van der Waals surface area contributed by atoms with Crippen LogP contribution in [0.15, 0.2) is 77.4 Å². The summed E-state index contributed by atoms with van der Waals surface area (Å²) in [5, 5.41) is 4.87. The van der Waals surface area contributed by atoms with Gasteiger partial charge in [0.15, 0.2) is 18.3 Å². The lowest BCUT2D eigenvalue weighted by Gasteiger charge is -2.27. The van der Waals surface area contributed by atoms with Crippen LogP contribution in [-0.4, -0.2) is 24.4 Å². The summed E-state index contributed by atoms with van der Waals surface area (Å²) >= 11 is 0. The standard InChI is InChI=1S/C23H23N3O3/c1-16-14-21(27)25-18-10-5-6-11-19(18)26(16)22(28)15-24-23(20-12-7-13-29-20)17-8-3-2-4-9-17/h2-13,16,23-24H,14-15H2,1H3,(H,25,27)/p+1/t16-,23+/m1/s1. The summed E-state index contributed by atoms with van der Waals surface area (Å²) in [6.07, 6.45) is 1.91. The zero-order chi connectivity index (χ0) is 20.2. The molecule has 1 aliphatic rings. The van der Waals surface area contributed by atoms with Crippen molar-refractivity contribution < 1.29 is 19.3 Å². The Kier molecular flexibility index (Phi) is 5.44. The predicted molar refractivity (Wildman–Crippen MR) is 110 cm³/mol. The van der Waals surface area contributed by atoms with Crippen LogP contribution in [0.4, 0.5) is 11.4 Å². The van der Waals surface area contributed by atoms with Crippen LogP contribution in [-0.2, 0) is 9.59 Å². The first-order valence-corrected chi connectivity index (χ1v) is 9.76. The van der Waals surface area contributed by atoms with Crippen molar-refractivity contribution in [3.05, 3.63) is 84.3 Å². The number of quaternary nitrogens is 1. The summed E-state index contributed by atoms with van der Waals surface area (Å²) < 4.78 is 5.63. The molecular formula is C23H24N3O3+. The number of benzene rings is 2. The summed E-state index contributed by atoms with van der Waals surface area (Å²) in [4.78, 5) is 27.2. The largest absolute Gasteiger partial charge is 0.463 e. The molecule has 3 N–H and O–H groups in total. The zero-order valence-corrected chi connectivity index (χ0v) is 16.2. The van der Waals surface area contributed by atoms with Gasteiger partial charge in [-0.25, -0.2) is 0 Å². The van der Waals surface area contributed by atoms with E-state index in [2.05, 4.69) is 5.32 Å². The van der Waals surface area contributed by atoms with Gasteiger partial charge in [0.05, 0.1) is 17.6 Å². The molecule has 29 heavy (non-hydrogen) atoms. The van der Waals surface area contributed by atoms with Crippen LogP contribution in [0.3, 0.4) is 0 Å². The molecule has 0 unspecified atom stereocenters. The second-order valence-corrected chi connectivity index (χ2v) is 7.23. The maximum absolute atomic E-state index is 13.3. The minimum absolute atomic E-state index is 0.0473. The molecule has 0 saturated heterocycles. The Morgan fingerprint density at radius 3 is 2.66 bits per heavy atom. The fourth-order valence-corrected chi connectivity index (χ4v) is 3.83. The van der Waals surface area contributed by atoms with Crippen molar-refractivity contribution in [2.24, 2.45) is 0 Å². The molecule has 2 heterocycles. The number of carbonyl (C=O) groups is 2. The highest BCUT2D eigenvalue weighted by Crippen LogP contribution is 2.31. The topological polar surface area (TPSA) is 79.2 Å². The molecular weight excluding hydrogens is 366 g/mol. The van der Waals surface area contributed by atoms with E-state index < -0.39 is 0 Å². The number of hydrogen-bond donors (Lipinski definition) is 2. The lowest BCUT2D eigenvalue weighted by Crippen LogP contribution is -2.88. The third kappa shape index (κ3) is 4.07. The third-order valence-corrected chi connectivity index (χ3v) is 5.16. The smallest absolute Gasteiger partial charge is 0.282 e. The van der Waals surface area contributed by atoms with Crippen LogP contribution in [0.25, 0.3) is 0 Å². The summed E-state index contributed by atoms with van der Waals surface area (Å²) in [6.45, 7) is 2.13. The van der Waals surface area contributed by atoms with Crippen molar-refractivity contribution in [2.75, 3.05) is 16.8 Å². The first kappa shape index (κ1) is 19.0. The van der Waals surface area contributed by atoms with Gasteiger partial charge in [0.2, 0.25) is 5.91 Å². The van der Waals surface area contributed by atoms with Crippen molar-refractivity contribution in [1.29, 1.82) is 0 Å². The van der Waals surface area contributed by atoms with Crippen molar-refractivity contribution in [3.8, 4) is 0 Å². The summed E-state index contributed by atoms with van der Waals surface area (Å²) in [5.41, 5.74) is 2.47. The quantitative estimate of drug-likeness (QED) is 0.703. The maximum Gasteiger partial charge on any atom is 0.282 e. The van der Waals surface area contributed by atoms with E-state index in [1.165, 1.54) is 0 Å². The number of fused-ring (bicyclic) bond motifs is 1. The van der Waals surface area contributed by atoms with Gasteiger partial charge in [-0.2, -0.15) is 0 Å². The molecule has 0 bridgehead atoms. The number of anilines is 2. The normalized spacial score (nSPS) is 17.2. The van der Waals surface area contributed by atoms with Gasteiger partial charge in [-0.1, -0.05) is 42.5 Å². The Hall–Kier alpha value is -3.38. The molecule has 148 valence electrons. The van der Waals surface area contributed by atoms with Crippen LogP contribution in [0.2, 0.25) is 0 Å². The Bertz CT molecular complexity index is 986. The van der Waals surface area contributed by atoms with E-state index in [9.17, 15) is 9.59 Å². The molecule has 3 aromatic rings. The lowest BCUT2D eigenvalue weighted by molar-refractivity contribution is -0.678. The number of carbonyl (C=O) groups excluding carboxylic acids is 2. The zero-order valence-electron chi connectivity index (χ0n) is 16.2. The molecule has 1 aromatic heterocycles. The fraction of sp³-hybridized carbons (Fsp3) is 0.217. The maximum atomic E-state index is 13.3. The molecule has 6 heteroatoms. The van der Waals surface area contributed by atoms with E-state index >= 15 is 0 Å². The molecule has 1 aliphatic heterocycles. The van der Waals surface area contributed by atoms with Crippen LogP contribution in [0.1, 0.15) is 30.7 Å². The second kappa shape index (κ2) is 8.32. The molecule has 0 saturated carbocycles. The number of amides is 2. The van der Waals surface area contributed by atoms with E-state index in [0.29, 0.717) is 5.69 Å². The molecule has 0 radical (unpaired) electrons. The van der Waals surface area contributed by atoms with Crippen molar-refractivity contribution in [1.82, 2.24) is 0 Å². The van der Waals surface area contributed by atoms with Crippen molar-refractivity contribution in [3.63, 3.8) is 0 Å². The third-order valence-electron chi connectivity index (χ3n) is 5.16. The Morgan fingerprint density at radius 1 is 1.14 bits per heavy atom. The second-order valence-electron chi connectivity index (χ2n) is 7.23. The van der Waals surface area contributed by atoms with E-state index in [1.807, 2.05) is 79.0 Å². The van der Waals surface area contributed by atoms with Gasteiger partial charge in [0, 0.05) is 18.0 Å². The first-order valence-electron chi connectivity index (χ1n) is 9.76. The predicted octanol–water partition coefficient (Wildman–Crippen LogP) is 2.70. The van der Waals surface area contributed by atoms with Crippen molar-refractivity contribution in [2.45, 2.75) is 25.4 Å². The molecule has 2 atom stereocenters. The number of para-hydroxylation sites is 2. The van der Waals surface area contributed by atoms with E-state index in [4.69, 9.17) is 4.42 Å². The van der Waals surface area contributed by atoms with Gasteiger partial charge in [0.25, 0.3) is 5.91 Å². The van der Waals surface area contributed by atoms with Gasteiger partial charge in [0.1, 0.15) is 0 Å². The van der Waals surface area contributed by atoms with Gasteiger partial charge in [-0.15, -0.1) is 0 Å². The Morgan fingerprint density at radius 2 is 1.90 bits per heavy atom. The monoisotopic (exact) mass is 390 g/mol. The number of nitrogens with zero attached hydrogens (tertiary/aromatic N) is 1. The molecule has 0 aliphatic carbocycles. The Balaban J connectivity index is 1.57. The van der Waals surface area contributed by atoms with Crippen LogP contribution >= 0.6 is 0 Å². The number of nitrogens with one attached hydrogen (secondary N) is 1. The fourth-order valence-electron chi connectivity index (χ4n) is 3.83. The van der Waals surface area contributed by atoms with E-state index in [1.54, 1.807) is 11.2 Å². The molecule has 2 aromatic carbocycles. The first-order chi connectivity index (χ1) is 14.1. The number of furan rings is 1. The van der Waals surface area contributed by atoms with Gasteiger partial charge < -0.3 is 20.0 Å². The van der Waals surface area contributed by atoms with E-state index in [-0.39, 0.29) is 36.9 Å². The highest BCUT2D eigenvalue weighted by molar-refractivity contribution is 6.04. The summed E-state index contributed by atoms with van der Waals surface area (Å²) in [5.74, 6) is 0.668. The SMILES string of the molecule is C[C@@H]1CC(=O)Nc2ccccc2N1C(=O)C[NH2+][C@@H](c1ccccc1)c1ccco1. The summed E-state index contributed by atoms with van der Waals surface area (Å²) in [6, 6.07) is 20.8. The molecule has 2 amide bonds. The number of hydrogen-bond acceptors (Lipinski definition) is 3. The highest BCUT2D eigenvalue weighted by Gasteiger charge is 2.31. The van der Waals surface area contributed by atoms with E-state index in [0.717, 1.165) is 17.0 Å². The average molecular weight is 390 g/mol. The number of rotatable bonds is 5. The average Bonchev–Trinajstić information content (AvgIpc) is 3.20.